The minimum atomic E-state index is -0.638. The molecule has 0 atom stereocenters. The Labute approximate surface area is 200 Å². The van der Waals surface area contributed by atoms with Gasteiger partial charge in [0.15, 0.2) is 5.82 Å². The Bertz CT molecular complexity index is 1350. The normalized spacial score (nSPS) is 10.7. The van der Waals surface area contributed by atoms with Crippen molar-refractivity contribution < 1.29 is 14.5 Å². The van der Waals surface area contributed by atoms with Crippen LogP contribution in [0, 0.1) is 17.0 Å². The number of nitrogens with one attached hydrogen (secondary N) is 1. The summed E-state index contributed by atoms with van der Waals surface area (Å²) in [6.07, 6.45) is 0. The zero-order valence-electron chi connectivity index (χ0n) is 18.4. The SMILES string of the molecule is COc1ccc(CNc2nc(-c3ccc(C)cc3)nn2C(=O)c2ccc(Cl)c([N+](=O)[O-])c2)cc1. The average Bonchev–Trinajstić information content (AvgIpc) is 3.27. The lowest BCUT2D eigenvalue weighted by atomic mass is 10.1. The molecule has 4 rings (SSSR count). The molecule has 0 aliphatic carbocycles. The second-order valence-electron chi connectivity index (χ2n) is 7.47. The molecule has 172 valence electrons. The van der Waals surface area contributed by atoms with Gasteiger partial charge in [-0.3, -0.25) is 14.9 Å². The second kappa shape index (κ2) is 9.72. The zero-order chi connectivity index (χ0) is 24.2. The fourth-order valence-corrected chi connectivity index (χ4v) is 3.41. The Balaban J connectivity index is 1.70. The van der Waals surface area contributed by atoms with E-state index >= 15 is 0 Å². The van der Waals surface area contributed by atoms with Crippen LogP contribution in [0.2, 0.25) is 5.02 Å². The first-order valence-corrected chi connectivity index (χ1v) is 10.6. The number of benzene rings is 3. The van der Waals surface area contributed by atoms with Crippen LogP contribution in [0.3, 0.4) is 0 Å². The van der Waals surface area contributed by atoms with Crippen LogP contribution in [0.5, 0.6) is 5.75 Å². The number of ether oxygens (including phenoxy) is 1. The number of carbonyl (C=O) groups excluding carboxylic acids is 1. The van der Waals surface area contributed by atoms with Crippen LogP contribution in [0.1, 0.15) is 21.5 Å². The summed E-state index contributed by atoms with van der Waals surface area (Å²) in [6.45, 7) is 2.33. The molecular formula is C24H20ClN5O4. The van der Waals surface area contributed by atoms with Crippen molar-refractivity contribution in [2.75, 3.05) is 12.4 Å². The Morgan fingerprint density at radius 3 is 2.47 bits per heavy atom. The monoisotopic (exact) mass is 477 g/mol. The molecule has 9 nitrogen and oxygen atoms in total. The van der Waals surface area contributed by atoms with E-state index in [1.54, 1.807) is 7.11 Å². The predicted molar refractivity (Wildman–Crippen MR) is 128 cm³/mol. The number of aryl methyl sites for hydroxylation is 1. The topological polar surface area (TPSA) is 112 Å². The standard InChI is InChI=1S/C24H20ClN5O4/c1-15-3-7-17(8-4-15)22-27-24(26-14-16-5-10-19(34-2)11-6-16)29(28-22)23(31)18-9-12-20(25)21(13-18)30(32)33/h3-13H,14H2,1-2H3,(H,26,27,28). The number of hydrogen-bond acceptors (Lipinski definition) is 7. The summed E-state index contributed by atoms with van der Waals surface area (Å²) in [5, 5.41) is 18.7. The number of nitro groups is 1. The summed E-state index contributed by atoms with van der Waals surface area (Å²) in [5.41, 5.74) is 2.43. The molecule has 4 aromatic rings. The number of halogens is 1. The van der Waals surface area contributed by atoms with Crippen LogP contribution in [0.25, 0.3) is 11.4 Å². The molecule has 3 aromatic carbocycles. The molecule has 0 saturated carbocycles. The highest BCUT2D eigenvalue weighted by molar-refractivity contribution is 6.32. The summed E-state index contributed by atoms with van der Waals surface area (Å²) in [5.74, 6) is 0.694. The van der Waals surface area contributed by atoms with Crippen molar-refractivity contribution >= 4 is 29.1 Å². The van der Waals surface area contributed by atoms with Gasteiger partial charge >= 0.3 is 0 Å². The van der Waals surface area contributed by atoms with Crippen molar-refractivity contribution in [1.82, 2.24) is 14.8 Å². The number of rotatable bonds is 7. The Morgan fingerprint density at radius 1 is 1.12 bits per heavy atom. The highest BCUT2D eigenvalue weighted by Gasteiger charge is 2.22. The number of hydrogen-bond donors (Lipinski definition) is 1. The molecule has 0 aliphatic heterocycles. The smallest absolute Gasteiger partial charge is 0.288 e. The van der Waals surface area contributed by atoms with Crippen LogP contribution in [-0.2, 0) is 6.54 Å². The number of nitrogens with zero attached hydrogens (tertiary/aromatic N) is 4. The molecule has 10 heteroatoms. The first-order chi connectivity index (χ1) is 16.4. The van der Waals surface area contributed by atoms with E-state index in [1.807, 2.05) is 55.5 Å². The Hall–Kier alpha value is -4.24. The van der Waals surface area contributed by atoms with E-state index in [-0.39, 0.29) is 22.2 Å². The van der Waals surface area contributed by atoms with Gasteiger partial charge in [0.25, 0.3) is 11.6 Å². The molecule has 34 heavy (non-hydrogen) atoms. The summed E-state index contributed by atoms with van der Waals surface area (Å²) < 4.78 is 6.28. The summed E-state index contributed by atoms with van der Waals surface area (Å²) in [6, 6.07) is 18.9. The summed E-state index contributed by atoms with van der Waals surface area (Å²) in [4.78, 5) is 28.4. The highest BCUT2D eigenvalue weighted by atomic mass is 35.5. The lowest BCUT2D eigenvalue weighted by Crippen LogP contribution is -2.17. The van der Waals surface area contributed by atoms with Crippen molar-refractivity contribution in [2.24, 2.45) is 0 Å². The minimum Gasteiger partial charge on any atom is -0.497 e. The van der Waals surface area contributed by atoms with Crippen molar-refractivity contribution in [1.29, 1.82) is 0 Å². The van der Waals surface area contributed by atoms with Gasteiger partial charge in [-0.05, 0) is 36.8 Å². The minimum absolute atomic E-state index is 0.0571. The van der Waals surface area contributed by atoms with Gasteiger partial charge < -0.3 is 10.1 Å². The third kappa shape index (κ3) is 4.89. The summed E-state index contributed by atoms with van der Waals surface area (Å²) >= 11 is 5.90. The van der Waals surface area contributed by atoms with Crippen LogP contribution in [0.15, 0.2) is 66.7 Å². The first-order valence-electron chi connectivity index (χ1n) is 10.3. The van der Waals surface area contributed by atoms with Crippen LogP contribution < -0.4 is 10.1 Å². The van der Waals surface area contributed by atoms with E-state index < -0.39 is 10.8 Å². The molecule has 0 aliphatic rings. The molecule has 0 saturated heterocycles. The average molecular weight is 478 g/mol. The van der Waals surface area contributed by atoms with Gasteiger partial charge in [-0.1, -0.05) is 53.6 Å². The van der Waals surface area contributed by atoms with Gasteiger partial charge in [-0.25, -0.2) is 0 Å². The highest BCUT2D eigenvalue weighted by Crippen LogP contribution is 2.26. The maximum Gasteiger partial charge on any atom is 0.288 e. The molecule has 0 radical (unpaired) electrons. The predicted octanol–water partition coefficient (Wildman–Crippen LogP) is 5.12. The van der Waals surface area contributed by atoms with Crippen molar-refractivity contribution in [3.05, 3.63) is 98.6 Å². The van der Waals surface area contributed by atoms with E-state index in [1.165, 1.54) is 12.1 Å². The third-order valence-electron chi connectivity index (χ3n) is 5.11. The molecule has 0 amide bonds. The number of anilines is 1. The fourth-order valence-electron chi connectivity index (χ4n) is 3.23. The van der Waals surface area contributed by atoms with Gasteiger partial charge in [-0.15, -0.1) is 5.10 Å². The van der Waals surface area contributed by atoms with Crippen molar-refractivity contribution in [3.63, 3.8) is 0 Å². The third-order valence-corrected chi connectivity index (χ3v) is 5.43. The lowest BCUT2D eigenvalue weighted by Gasteiger charge is -2.08. The van der Waals surface area contributed by atoms with E-state index in [0.29, 0.717) is 12.4 Å². The van der Waals surface area contributed by atoms with E-state index in [0.717, 1.165) is 33.2 Å². The maximum atomic E-state index is 13.3. The van der Waals surface area contributed by atoms with Crippen LogP contribution in [-0.4, -0.2) is 32.7 Å². The molecule has 0 fully saturated rings. The summed E-state index contributed by atoms with van der Waals surface area (Å²) in [7, 11) is 1.59. The largest absolute Gasteiger partial charge is 0.497 e. The second-order valence-corrected chi connectivity index (χ2v) is 7.87. The molecule has 1 heterocycles. The molecule has 0 unspecified atom stereocenters. The fraction of sp³-hybridized carbons (Fsp3) is 0.125. The van der Waals surface area contributed by atoms with E-state index in [2.05, 4.69) is 15.4 Å². The van der Waals surface area contributed by atoms with Gasteiger partial charge in [0.05, 0.1) is 12.0 Å². The van der Waals surface area contributed by atoms with Gasteiger partial charge in [-0.2, -0.15) is 9.67 Å². The van der Waals surface area contributed by atoms with Crippen molar-refractivity contribution in [2.45, 2.75) is 13.5 Å². The van der Waals surface area contributed by atoms with Gasteiger partial charge in [0, 0.05) is 23.7 Å². The van der Waals surface area contributed by atoms with Crippen molar-refractivity contribution in [3.8, 4) is 17.1 Å². The first kappa shape index (κ1) is 22.9. The molecule has 1 aromatic heterocycles. The van der Waals surface area contributed by atoms with E-state index in [9.17, 15) is 14.9 Å². The molecule has 1 N–H and O–H groups in total. The number of carbonyl (C=O) groups is 1. The lowest BCUT2D eigenvalue weighted by molar-refractivity contribution is -0.384. The molecule has 0 spiro atoms. The van der Waals surface area contributed by atoms with Crippen LogP contribution in [0.4, 0.5) is 11.6 Å². The van der Waals surface area contributed by atoms with Gasteiger partial charge in [0.1, 0.15) is 10.8 Å². The molecule has 0 bridgehead atoms. The number of aromatic nitrogens is 3. The maximum absolute atomic E-state index is 13.3. The Morgan fingerprint density at radius 2 is 1.82 bits per heavy atom. The van der Waals surface area contributed by atoms with E-state index in [4.69, 9.17) is 16.3 Å². The number of methoxy groups -OCH3 is 1. The quantitative estimate of drug-likeness (QED) is 0.290. The zero-order valence-corrected chi connectivity index (χ0v) is 19.1. The Kier molecular flexibility index (Phi) is 6.55. The molecular weight excluding hydrogens is 458 g/mol. The van der Waals surface area contributed by atoms with Gasteiger partial charge in [0.2, 0.25) is 5.95 Å². The van der Waals surface area contributed by atoms with Crippen LogP contribution >= 0.6 is 11.6 Å². The number of nitro benzene ring substituents is 1.